The Morgan fingerprint density at radius 3 is 2.35 bits per heavy atom. The normalized spacial score (nSPS) is 11.8. The van der Waals surface area contributed by atoms with E-state index >= 15 is 0 Å². The van der Waals surface area contributed by atoms with Crippen molar-refractivity contribution < 1.29 is 14.7 Å². The third kappa shape index (κ3) is 4.39. The number of benzene rings is 1. The van der Waals surface area contributed by atoms with Crippen molar-refractivity contribution in [3.63, 3.8) is 0 Å². The molecule has 0 aliphatic heterocycles. The molecule has 17 heavy (non-hydrogen) atoms. The van der Waals surface area contributed by atoms with Gasteiger partial charge in [-0.25, -0.2) is 5.43 Å². The highest BCUT2D eigenvalue weighted by Gasteiger charge is 2.19. The number of carbonyl (C=O) groups is 2. The zero-order valence-corrected chi connectivity index (χ0v) is 9.01. The van der Waals surface area contributed by atoms with Crippen LogP contribution in [0.2, 0.25) is 0 Å². The van der Waals surface area contributed by atoms with Gasteiger partial charge in [-0.2, -0.15) is 0 Å². The van der Waals surface area contributed by atoms with Crippen LogP contribution < -0.4 is 22.3 Å². The molecule has 1 atom stereocenters. The average Bonchev–Trinajstić information content (AvgIpc) is 2.25. The summed E-state index contributed by atoms with van der Waals surface area (Å²) in [4.78, 5) is 21.4. The molecule has 1 aromatic rings. The van der Waals surface area contributed by atoms with Crippen LogP contribution in [0.3, 0.4) is 0 Å². The molecule has 92 valence electrons. The summed E-state index contributed by atoms with van der Waals surface area (Å²) in [6.45, 7) is 0. The number of carboxylic acids is 1. The van der Waals surface area contributed by atoms with Gasteiger partial charge in [-0.1, -0.05) is 0 Å². The standard InChI is InChI=1S/C10H14N4O3/c11-6-1-3-7(4-2-6)13-14-8(10(16)17)5-9(12)15/h1-4,8,13-14H,5,11H2,(H2,12,15)(H,16,17)/t8-/m0/s1. The van der Waals surface area contributed by atoms with E-state index in [1.54, 1.807) is 24.3 Å². The number of nitrogens with two attached hydrogens (primary N) is 2. The molecule has 1 aromatic carbocycles. The van der Waals surface area contributed by atoms with Crippen LogP contribution in [0.25, 0.3) is 0 Å². The maximum absolute atomic E-state index is 10.8. The molecule has 0 fully saturated rings. The molecule has 7 N–H and O–H groups in total. The lowest BCUT2D eigenvalue weighted by Gasteiger charge is -2.14. The quantitative estimate of drug-likeness (QED) is 0.336. The monoisotopic (exact) mass is 238 g/mol. The molecular formula is C10H14N4O3. The predicted octanol–water partition coefficient (Wildman–Crippen LogP) is -0.486. The maximum Gasteiger partial charge on any atom is 0.323 e. The Kier molecular flexibility index (Phi) is 4.29. The number of hydrazine groups is 1. The number of carboxylic acid groups (broad SMARTS) is 1. The summed E-state index contributed by atoms with van der Waals surface area (Å²) in [5.74, 6) is -1.85. The van der Waals surface area contributed by atoms with Gasteiger partial charge < -0.3 is 22.0 Å². The van der Waals surface area contributed by atoms with Crippen LogP contribution in [-0.2, 0) is 9.59 Å². The Balaban J connectivity index is 2.54. The second-order valence-electron chi connectivity index (χ2n) is 3.45. The van der Waals surface area contributed by atoms with E-state index in [9.17, 15) is 9.59 Å². The number of aliphatic carboxylic acids is 1. The van der Waals surface area contributed by atoms with Gasteiger partial charge in [0.25, 0.3) is 0 Å². The van der Waals surface area contributed by atoms with E-state index in [0.717, 1.165) is 0 Å². The second kappa shape index (κ2) is 5.71. The fourth-order valence-electron chi connectivity index (χ4n) is 1.14. The van der Waals surface area contributed by atoms with Gasteiger partial charge in [0.05, 0.1) is 6.42 Å². The number of carbonyl (C=O) groups excluding carboxylic acids is 1. The summed E-state index contributed by atoms with van der Waals surface area (Å²) in [6.07, 6.45) is -0.294. The van der Waals surface area contributed by atoms with Gasteiger partial charge in [0.15, 0.2) is 0 Å². The molecule has 0 unspecified atom stereocenters. The van der Waals surface area contributed by atoms with Gasteiger partial charge in [0.1, 0.15) is 6.04 Å². The fraction of sp³-hybridized carbons (Fsp3) is 0.200. The molecule has 0 aromatic heterocycles. The van der Waals surface area contributed by atoms with Gasteiger partial charge in [-0.15, -0.1) is 0 Å². The lowest BCUT2D eigenvalue weighted by atomic mass is 10.2. The molecule has 7 nitrogen and oxygen atoms in total. The van der Waals surface area contributed by atoms with E-state index in [-0.39, 0.29) is 6.42 Å². The van der Waals surface area contributed by atoms with Crippen molar-refractivity contribution in [3.8, 4) is 0 Å². The Morgan fingerprint density at radius 2 is 1.88 bits per heavy atom. The first-order valence-corrected chi connectivity index (χ1v) is 4.87. The van der Waals surface area contributed by atoms with E-state index in [2.05, 4.69) is 10.9 Å². The van der Waals surface area contributed by atoms with Gasteiger partial charge >= 0.3 is 5.97 Å². The third-order valence-electron chi connectivity index (χ3n) is 2.00. The van der Waals surface area contributed by atoms with Crippen LogP contribution in [0.4, 0.5) is 11.4 Å². The molecule has 0 aliphatic rings. The van der Waals surface area contributed by atoms with Crippen molar-refractivity contribution in [2.45, 2.75) is 12.5 Å². The van der Waals surface area contributed by atoms with Crippen LogP contribution in [0.5, 0.6) is 0 Å². The zero-order valence-electron chi connectivity index (χ0n) is 9.01. The summed E-state index contributed by atoms with van der Waals surface area (Å²) in [5.41, 5.74) is 16.8. The number of rotatable bonds is 6. The summed E-state index contributed by atoms with van der Waals surface area (Å²) >= 11 is 0. The van der Waals surface area contributed by atoms with Crippen molar-refractivity contribution in [3.05, 3.63) is 24.3 Å². The minimum atomic E-state index is -1.16. The molecule has 1 rings (SSSR count). The number of nitrogen functional groups attached to an aromatic ring is 1. The van der Waals surface area contributed by atoms with Crippen LogP contribution in [0.1, 0.15) is 6.42 Å². The number of primary amides is 1. The molecule has 0 spiro atoms. The minimum Gasteiger partial charge on any atom is -0.480 e. The molecule has 0 bridgehead atoms. The van der Waals surface area contributed by atoms with Gasteiger partial charge in [0.2, 0.25) is 5.91 Å². The SMILES string of the molecule is NC(=O)C[C@H](NNc1ccc(N)cc1)C(=O)O. The summed E-state index contributed by atoms with van der Waals surface area (Å²) in [7, 11) is 0. The molecular weight excluding hydrogens is 224 g/mol. The second-order valence-corrected chi connectivity index (χ2v) is 3.45. The lowest BCUT2D eigenvalue weighted by molar-refractivity contribution is -0.141. The lowest BCUT2D eigenvalue weighted by Crippen LogP contribution is -2.43. The Hall–Kier alpha value is -2.28. The van der Waals surface area contributed by atoms with Crippen LogP contribution in [0.15, 0.2) is 24.3 Å². The maximum atomic E-state index is 10.8. The molecule has 0 heterocycles. The molecule has 0 saturated heterocycles. The Bertz CT molecular complexity index is 405. The zero-order chi connectivity index (χ0) is 12.8. The average molecular weight is 238 g/mol. The minimum absolute atomic E-state index is 0.294. The van der Waals surface area contributed by atoms with Crippen molar-refractivity contribution in [2.75, 3.05) is 11.2 Å². The van der Waals surface area contributed by atoms with Crippen molar-refractivity contribution in [1.29, 1.82) is 0 Å². The van der Waals surface area contributed by atoms with Crippen molar-refractivity contribution in [1.82, 2.24) is 5.43 Å². The van der Waals surface area contributed by atoms with E-state index in [1.165, 1.54) is 0 Å². The van der Waals surface area contributed by atoms with Crippen molar-refractivity contribution >= 4 is 23.3 Å². The topological polar surface area (TPSA) is 130 Å². The first-order valence-electron chi connectivity index (χ1n) is 4.87. The number of hydrogen-bond acceptors (Lipinski definition) is 5. The Morgan fingerprint density at radius 1 is 1.29 bits per heavy atom. The highest BCUT2D eigenvalue weighted by atomic mass is 16.4. The first-order chi connectivity index (χ1) is 7.99. The summed E-state index contributed by atoms with van der Waals surface area (Å²) in [6, 6.07) is 5.59. The highest BCUT2D eigenvalue weighted by Crippen LogP contribution is 2.09. The van der Waals surface area contributed by atoms with Crippen LogP contribution in [-0.4, -0.2) is 23.0 Å². The van der Waals surface area contributed by atoms with E-state index in [1.807, 2.05) is 0 Å². The number of hydrogen-bond donors (Lipinski definition) is 5. The van der Waals surface area contributed by atoms with Crippen molar-refractivity contribution in [2.24, 2.45) is 5.73 Å². The summed E-state index contributed by atoms with van der Waals surface area (Å²) < 4.78 is 0. The molecule has 0 radical (unpaired) electrons. The first kappa shape index (κ1) is 12.8. The van der Waals surface area contributed by atoms with Gasteiger partial charge in [0, 0.05) is 11.4 Å². The van der Waals surface area contributed by atoms with Gasteiger partial charge in [-0.3, -0.25) is 9.59 Å². The molecule has 0 aliphatic carbocycles. The molecule has 1 amide bonds. The summed E-state index contributed by atoms with van der Waals surface area (Å²) in [5, 5.41) is 8.81. The van der Waals surface area contributed by atoms with Gasteiger partial charge in [-0.05, 0) is 24.3 Å². The molecule has 7 heteroatoms. The Labute approximate surface area is 97.8 Å². The van der Waals surface area contributed by atoms with E-state index in [0.29, 0.717) is 11.4 Å². The third-order valence-corrected chi connectivity index (χ3v) is 2.00. The highest BCUT2D eigenvalue weighted by molar-refractivity contribution is 5.83. The van der Waals surface area contributed by atoms with E-state index in [4.69, 9.17) is 16.6 Å². The van der Waals surface area contributed by atoms with Crippen LogP contribution >= 0.6 is 0 Å². The van der Waals surface area contributed by atoms with Crippen LogP contribution in [0, 0.1) is 0 Å². The smallest absolute Gasteiger partial charge is 0.323 e. The predicted molar refractivity (Wildman–Crippen MR) is 62.8 cm³/mol. The largest absolute Gasteiger partial charge is 0.480 e. The number of amides is 1. The number of nitrogens with one attached hydrogen (secondary N) is 2. The number of anilines is 2. The fourth-order valence-corrected chi connectivity index (χ4v) is 1.14. The van der Waals surface area contributed by atoms with E-state index < -0.39 is 17.9 Å². The molecule has 0 saturated carbocycles.